The summed E-state index contributed by atoms with van der Waals surface area (Å²) in [4.78, 5) is 6.92. The number of fused-ring (bicyclic) bond motifs is 4. The van der Waals surface area contributed by atoms with Crippen LogP contribution in [0.3, 0.4) is 0 Å². The number of anilines is 2. The quantitative estimate of drug-likeness (QED) is 0.117. The number of allylic oxidation sites excluding steroid dienone is 3. The van der Waals surface area contributed by atoms with Crippen LogP contribution in [0.5, 0.6) is 0 Å². The molecule has 8 rings (SSSR count). The first kappa shape index (κ1) is 32.2. The largest absolute Gasteiger partial charge is 0.344 e. The van der Waals surface area contributed by atoms with Crippen molar-refractivity contribution in [3.8, 4) is 11.1 Å². The van der Waals surface area contributed by atoms with Gasteiger partial charge < -0.3 is 10.2 Å². The SMILES string of the molecule is C=N/C(=C\C(NCc1ccccc1)C1C=CC=CC1)c1cccc(N(C)c2ccc3ccccc3c2-c2cc3ccccc3c3ccccc23)c1. The van der Waals surface area contributed by atoms with E-state index in [-0.39, 0.29) is 6.04 Å². The number of nitrogens with one attached hydrogen (secondary N) is 1. The van der Waals surface area contributed by atoms with E-state index >= 15 is 0 Å². The van der Waals surface area contributed by atoms with Gasteiger partial charge >= 0.3 is 0 Å². The summed E-state index contributed by atoms with van der Waals surface area (Å²) in [6.45, 7) is 4.81. The van der Waals surface area contributed by atoms with E-state index in [1.54, 1.807) is 0 Å². The molecule has 2 atom stereocenters. The molecule has 0 heterocycles. The molecule has 0 fully saturated rings. The van der Waals surface area contributed by atoms with Crippen LogP contribution in [-0.4, -0.2) is 19.8 Å². The Balaban J connectivity index is 1.22. The zero-order chi connectivity index (χ0) is 34.6. The normalized spacial score (nSPS) is 15.0. The Labute approximate surface area is 300 Å². The lowest BCUT2D eigenvalue weighted by molar-refractivity contribution is 0.472. The third-order valence-corrected chi connectivity index (χ3v) is 10.2. The molecule has 0 saturated heterocycles. The van der Waals surface area contributed by atoms with Crippen LogP contribution in [0, 0.1) is 5.92 Å². The molecule has 0 amide bonds. The first-order chi connectivity index (χ1) is 25.2. The standard InChI is InChI=1S/C48H41N3/c1-49-45(32-46(36-19-7-4-8-20-36)50-33-34-16-5-3-6-17-34)38-22-15-23-39(30-38)51(2)47-29-28-35-18-9-12-25-41(35)48(47)44-31-37-21-10-11-24-40(37)42-26-13-14-27-43(42)44/h3-19,21-32,36,46,50H,1,20,33H2,2H3/b45-32-. The monoisotopic (exact) mass is 659 g/mol. The molecule has 0 aromatic heterocycles. The van der Waals surface area contributed by atoms with Crippen molar-refractivity contribution in [1.82, 2.24) is 5.32 Å². The van der Waals surface area contributed by atoms with Gasteiger partial charge in [-0.15, -0.1) is 0 Å². The van der Waals surface area contributed by atoms with Gasteiger partial charge in [0.25, 0.3) is 0 Å². The second kappa shape index (κ2) is 14.4. The van der Waals surface area contributed by atoms with Gasteiger partial charge in [-0.25, -0.2) is 0 Å². The van der Waals surface area contributed by atoms with Crippen LogP contribution in [0.2, 0.25) is 0 Å². The highest BCUT2D eigenvalue weighted by atomic mass is 15.1. The van der Waals surface area contributed by atoms with Gasteiger partial charge in [0, 0.05) is 42.1 Å². The van der Waals surface area contributed by atoms with Gasteiger partial charge in [-0.3, -0.25) is 4.99 Å². The van der Waals surface area contributed by atoms with Crippen LogP contribution in [0.25, 0.3) is 49.1 Å². The highest BCUT2D eigenvalue weighted by Gasteiger charge is 2.21. The summed E-state index contributed by atoms with van der Waals surface area (Å²) >= 11 is 0. The van der Waals surface area contributed by atoms with E-state index in [1.807, 2.05) is 0 Å². The van der Waals surface area contributed by atoms with Gasteiger partial charge in [-0.2, -0.15) is 0 Å². The van der Waals surface area contributed by atoms with Crippen LogP contribution in [0.1, 0.15) is 17.5 Å². The smallest absolute Gasteiger partial charge is 0.0671 e. The lowest BCUT2D eigenvalue weighted by atomic mass is 9.89. The molecule has 0 saturated carbocycles. The van der Waals surface area contributed by atoms with Gasteiger partial charge in [0.05, 0.1) is 5.70 Å². The Morgan fingerprint density at radius 1 is 0.745 bits per heavy atom. The van der Waals surface area contributed by atoms with Gasteiger partial charge in [0.1, 0.15) is 0 Å². The van der Waals surface area contributed by atoms with E-state index in [0.717, 1.165) is 35.6 Å². The van der Waals surface area contributed by atoms with Crippen LogP contribution in [-0.2, 0) is 6.54 Å². The molecule has 2 unspecified atom stereocenters. The molecular formula is C48H41N3. The van der Waals surface area contributed by atoms with E-state index in [4.69, 9.17) is 0 Å². The third kappa shape index (κ3) is 6.52. The van der Waals surface area contributed by atoms with Gasteiger partial charge in [0.15, 0.2) is 0 Å². The molecular weight excluding hydrogens is 619 g/mol. The molecule has 248 valence electrons. The van der Waals surface area contributed by atoms with Gasteiger partial charge in [-0.1, -0.05) is 146 Å². The predicted molar refractivity (Wildman–Crippen MR) is 220 cm³/mol. The van der Waals surface area contributed by atoms with Crippen LogP contribution < -0.4 is 10.2 Å². The molecule has 7 aromatic rings. The minimum Gasteiger partial charge on any atom is -0.344 e. The molecule has 0 bridgehead atoms. The van der Waals surface area contributed by atoms with E-state index in [1.165, 1.54) is 49.0 Å². The maximum absolute atomic E-state index is 4.60. The first-order valence-electron chi connectivity index (χ1n) is 17.7. The molecule has 0 aliphatic heterocycles. The Bertz CT molecular complexity index is 2450. The third-order valence-electron chi connectivity index (χ3n) is 10.2. The van der Waals surface area contributed by atoms with Crippen molar-refractivity contribution < 1.29 is 0 Å². The Morgan fingerprint density at radius 3 is 2.25 bits per heavy atom. The van der Waals surface area contributed by atoms with Crippen molar-refractivity contribution in [3.63, 3.8) is 0 Å². The van der Waals surface area contributed by atoms with Crippen molar-refractivity contribution in [2.45, 2.75) is 19.0 Å². The second-order valence-corrected chi connectivity index (χ2v) is 13.3. The fourth-order valence-corrected chi connectivity index (χ4v) is 7.54. The lowest BCUT2D eigenvalue weighted by Crippen LogP contribution is -2.34. The van der Waals surface area contributed by atoms with Crippen molar-refractivity contribution in [3.05, 3.63) is 187 Å². The van der Waals surface area contributed by atoms with Crippen LogP contribution >= 0.6 is 0 Å². The van der Waals surface area contributed by atoms with Crippen LogP contribution in [0.4, 0.5) is 11.4 Å². The highest BCUT2D eigenvalue weighted by molar-refractivity contribution is 6.18. The summed E-state index contributed by atoms with van der Waals surface area (Å²) in [6, 6.07) is 52.4. The summed E-state index contributed by atoms with van der Waals surface area (Å²) in [7, 11) is 2.17. The Kier molecular flexibility index (Phi) is 9.12. The number of hydrogen-bond acceptors (Lipinski definition) is 3. The zero-order valence-corrected chi connectivity index (χ0v) is 28.9. The molecule has 51 heavy (non-hydrogen) atoms. The Hall–Kier alpha value is -6.03. The molecule has 7 aromatic carbocycles. The van der Waals surface area contributed by atoms with Gasteiger partial charge in [-0.05, 0) is 92.8 Å². The predicted octanol–water partition coefficient (Wildman–Crippen LogP) is 11.9. The summed E-state index contributed by atoms with van der Waals surface area (Å²) in [5.41, 5.74) is 7.85. The average molecular weight is 660 g/mol. The number of benzene rings is 7. The molecule has 0 spiro atoms. The first-order valence-corrected chi connectivity index (χ1v) is 17.7. The molecule has 0 radical (unpaired) electrons. The maximum Gasteiger partial charge on any atom is 0.0671 e. The zero-order valence-electron chi connectivity index (χ0n) is 28.9. The number of rotatable bonds is 10. The topological polar surface area (TPSA) is 27.6 Å². The molecule has 3 heteroatoms. The van der Waals surface area contributed by atoms with Crippen molar-refractivity contribution >= 4 is 56.1 Å². The van der Waals surface area contributed by atoms with E-state index in [0.29, 0.717) is 5.92 Å². The minimum atomic E-state index is 0.0848. The van der Waals surface area contributed by atoms with E-state index in [9.17, 15) is 0 Å². The highest BCUT2D eigenvalue weighted by Crippen LogP contribution is 2.44. The van der Waals surface area contributed by atoms with Gasteiger partial charge in [0.2, 0.25) is 0 Å². The molecule has 3 nitrogen and oxygen atoms in total. The van der Waals surface area contributed by atoms with Crippen molar-refractivity contribution in [1.29, 1.82) is 0 Å². The van der Waals surface area contributed by atoms with E-state index < -0.39 is 0 Å². The molecule has 1 aliphatic carbocycles. The number of aliphatic imine (C=N–C) groups is 1. The number of hydrogen-bond donors (Lipinski definition) is 1. The maximum atomic E-state index is 4.60. The van der Waals surface area contributed by atoms with Crippen LogP contribution in [0.15, 0.2) is 181 Å². The Morgan fingerprint density at radius 2 is 1.47 bits per heavy atom. The average Bonchev–Trinajstić information content (AvgIpc) is 3.20. The minimum absolute atomic E-state index is 0.0848. The molecule has 1 aliphatic rings. The molecule has 1 N–H and O–H groups in total. The summed E-state index contributed by atoms with van der Waals surface area (Å²) in [5.74, 6) is 0.318. The lowest BCUT2D eigenvalue weighted by Gasteiger charge is -2.26. The summed E-state index contributed by atoms with van der Waals surface area (Å²) < 4.78 is 0. The second-order valence-electron chi connectivity index (χ2n) is 13.3. The fourth-order valence-electron chi connectivity index (χ4n) is 7.54. The number of nitrogens with zero attached hydrogens (tertiary/aromatic N) is 2. The summed E-state index contributed by atoms with van der Waals surface area (Å²) in [6.07, 6.45) is 12.0. The van der Waals surface area contributed by atoms with E-state index in [2.05, 4.69) is 205 Å². The summed E-state index contributed by atoms with van der Waals surface area (Å²) in [5, 5.41) is 11.3. The fraction of sp³-hybridized carbons (Fsp3) is 0.104. The van der Waals surface area contributed by atoms with Crippen molar-refractivity contribution in [2.75, 3.05) is 11.9 Å². The van der Waals surface area contributed by atoms with Crippen molar-refractivity contribution in [2.24, 2.45) is 10.9 Å².